The third-order valence-electron chi connectivity index (χ3n) is 3.70. The Hall–Kier alpha value is -1.74. The Labute approximate surface area is 117 Å². The molecule has 0 heterocycles. The van der Waals surface area contributed by atoms with Gasteiger partial charge in [0.25, 0.3) is 0 Å². The summed E-state index contributed by atoms with van der Waals surface area (Å²) in [7, 11) is 0. The van der Waals surface area contributed by atoms with Gasteiger partial charge in [0.05, 0.1) is 0 Å². The highest BCUT2D eigenvalue weighted by Crippen LogP contribution is 2.25. The third-order valence-corrected chi connectivity index (χ3v) is 3.70. The van der Waals surface area contributed by atoms with Gasteiger partial charge in [0.2, 0.25) is 0 Å². The molecule has 3 rings (SSSR count). The summed E-state index contributed by atoms with van der Waals surface area (Å²) in [5, 5.41) is 3.30. The Bertz CT molecular complexity index is 633. The Balaban J connectivity index is 1.82. The van der Waals surface area contributed by atoms with Crippen LogP contribution < -0.4 is 5.32 Å². The maximum atomic E-state index is 14.1. The Kier molecular flexibility index (Phi) is 3.53. The van der Waals surface area contributed by atoms with Crippen LogP contribution in [0.3, 0.4) is 0 Å². The van der Waals surface area contributed by atoms with Gasteiger partial charge < -0.3 is 5.32 Å². The van der Waals surface area contributed by atoms with Crippen molar-refractivity contribution in [3.63, 3.8) is 0 Å². The van der Waals surface area contributed by atoms with Crippen molar-refractivity contribution in [2.75, 3.05) is 0 Å². The monoisotopic (exact) mass is 273 g/mol. The minimum absolute atomic E-state index is 0.211. The average Bonchev–Trinajstić information content (AvgIpc) is 3.24. The SMILES string of the molecule is Cc1cc(-c2ccc(CNC3CC3)c(F)c2)ccc1F. The zero-order chi connectivity index (χ0) is 14.1. The fourth-order valence-corrected chi connectivity index (χ4v) is 2.24. The fraction of sp³-hybridized carbons (Fsp3) is 0.294. The third kappa shape index (κ3) is 2.88. The molecule has 1 N–H and O–H groups in total. The van der Waals surface area contributed by atoms with Crippen molar-refractivity contribution in [1.82, 2.24) is 5.32 Å². The Morgan fingerprint density at radius 3 is 2.35 bits per heavy atom. The van der Waals surface area contributed by atoms with Gasteiger partial charge in [-0.15, -0.1) is 0 Å². The summed E-state index contributed by atoms with van der Waals surface area (Å²) < 4.78 is 27.3. The van der Waals surface area contributed by atoms with Crippen LogP contribution in [0.2, 0.25) is 0 Å². The van der Waals surface area contributed by atoms with Crippen LogP contribution in [0.1, 0.15) is 24.0 Å². The number of nitrogens with one attached hydrogen (secondary N) is 1. The van der Waals surface area contributed by atoms with E-state index in [0.29, 0.717) is 23.7 Å². The molecule has 0 radical (unpaired) electrons. The highest BCUT2D eigenvalue weighted by Gasteiger charge is 2.20. The molecule has 0 bridgehead atoms. The van der Waals surface area contributed by atoms with Crippen molar-refractivity contribution in [3.8, 4) is 11.1 Å². The van der Waals surface area contributed by atoms with Gasteiger partial charge in [-0.25, -0.2) is 8.78 Å². The first-order valence-corrected chi connectivity index (χ1v) is 6.92. The lowest BCUT2D eigenvalue weighted by molar-refractivity contribution is 0.587. The van der Waals surface area contributed by atoms with E-state index < -0.39 is 0 Å². The van der Waals surface area contributed by atoms with Gasteiger partial charge in [-0.1, -0.05) is 18.2 Å². The van der Waals surface area contributed by atoms with Crippen LogP contribution in [0.5, 0.6) is 0 Å². The maximum absolute atomic E-state index is 14.1. The van der Waals surface area contributed by atoms with Gasteiger partial charge in [0.1, 0.15) is 11.6 Å². The number of hydrogen-bond acceptors (Lipinski definition) is 1. The molecule has 1 aliphatic carbocycles. The van der Waals surface area contributed by atoms with Gasteiger partial charge >= 0.3 is 0 Å². The summed E-state index contributed by atoms with van der Waals surface area (Å²) >= 11 is 0. The standard InChI is InChI=1S/C17H17F2N/c1-11-8-12(4-7-16(11)18)13-2-3-14(17(19)9-13)10-20-15-5-6-15/h2-4,7-9,15,20H,5-6,10H2,1H3. The largest absolute Gasteiger partial charge is 0.310 e. The van der Waals surface area contributed by atoms with Gasteiger partial charge in [-0.05, 0) is 54.7 Å². The van der Waals surface area contributed by atoms with Crippen molar-refractivity contribution in [2.24, 2.45) is 0 Å². The van der Waals surface area contributed by atoms with E-state index in [-0.39, 0.29) is 11.6 Å². The van der Waals surface area contributed by atoms with Crippen molar-refractivity contribution >= 4 is 0 Å². The highest BCUT2D eigenvalue weighted by molar-refractivity contribution is 5.64. The van der Waals surface area contributed by atoms with Crippen LogP contribution >= 0.6 is 0 Å². The minimum Gasteiger partial charge on any atom is -0.310 e. The van der Waals surface area contributed by atoms with E-state index in [1.807, 2.05) is 6.07 Å². The molecule has 0 aliphatic heterocycles. The predicted octanol–water partition coefficient (Wildman–Crippen LogP) is 4.19. The van der Waals surface area contributed by atoms with Gasteiger partial charge in [0, 0.05) is 18.2 Å². The first-order valence-electron chi connectivity index (χ1n) is 6.92. The van der Waals surface area contributed by atoms with Crippen LogP contribution in [0.15, 0.2) is 36.4 Å². The molecule has 1 aliphatic rings. The molecule has 1 fully saturated rings. The highest BCUT2D eigenvalue weighted by atomic mass is 19.1. The molecule has 2 aromatic rings. The van der Waals surface area contributed by atoms with E-state index in [9.17, 15) is 8.78 Å². The normalized spacial score (nSPS) is 14.6. The molecule has 0 atom stereocenters. The smallest absolute Gasteiger partial charge is 0.128 e. The second-order valence-electron chi connectivity index (χ2n) is 5.43. The zero-order valence-corrected chi connectivity index (χ0v) is 11.4. The van der Waals surface area contributed by atoms with Crippen LogP contribution in [0, 0.1) is 18.6 Å². The molecule has 104 valence electrons. The Morgan fingerprint density at radius 1 is 1.00 bits per heavy atom. The van der Waals surface area contributed by atoms with E-state index in [0.717, 1.165) is 11.1 Å². The van der Waals surface area contributed by atoms with Crippen molar-refractivity contribution in [1.29, 1.82) is 0 Å². The van der Waals surface area contributed by atoms with E-state index in [2.05, 4.69) is 5.32 Å². The summed E-state index contributed by atoms with van der Waals surface area (Å²) in [6.45, 7) is 2.28. The lowest BCUT2D eigenvalue weighted by Gasteiger charge is -2.08. The maximum Gasteiger partial charge on any atom is 0.128 e. The van der Waals surface area contributed by atoms with Gasteiger partial charge in [0.15, 0.2) is 0 Å². The van der Waals surface area contributed by atoms with E-state index in [1.54, 1.807) is 25.1 Å². The van der Waals surface area contributed by atoms with Crippen LogP contribution in [-0.2, 0) is 6.54 Å². The summed E-state index contributed by atoms with van der Waals surface area (Å²) in [6.07, 6.45) is 2.38. The van der Waals surface area contributed by atoms with Gasteiger partial charge in [-0.3, -0.25) is 0 Å². The number of rotatable bonds is 4. The van der Waals surface area contributed by atoms with E-state index in [1.165, 1.54) is 25.0 Å². The molecule has 0 spiro atoms. The predicted molar refractivity (Wildman–Crippen MR) is 76.4 cm³/mol. The molecule has 0 unspecified atom stereocenters. The van der Waals surface area contributed by atoms with Crippen molar-refractivity contribution < 1.29 is 8.78 Å². The molecule has 1 nitrogen and oxygen atoms in total. The summed E-state index contributed by atoms with van der Waals surface area (Å²) in [6, 6.07) is 10.6. The molecule has 3 heteroatoms. The average molecular weight is 273 g/mol. The number of hydrogen-bond donors (Lipinski definition) is 1. The van der Waals surface area contributed by atoms with Crippen molar-refractivity contribution in [2.45, 2.75) is 32.4 Å². The van der Waals surface area contributed by atoms with Gasteiger partial charge in [-0.2, -0.15) is 0 Å². The molecule has 2 aromatic carbocycles. The number of halogens is 2. The first kappa shape index (κ1) is 13.3. The summed E-state index contributed by atoms with van der Waals surface area (Å²) in [5.41, 5.74) is 2.87. The minimum atomic E-state index is -0.237. The van der Waals surface area contributed by atoms with Crippen LogP contribution in [0.4, 0.5) is 8.78 Å². The van der Waals surface area contributed by atoms with Crippen LogP contribution in [-0.4, -0.2) is 6.04 Å². The number of aryl methyl sites for hydroxylation is 1. The van der Waals surface area contributed by atoms with E-state index in [4.69, 9.17) is 0 Å². The second kappa shape index (κ2) is 5.33. The zero-order valence-electron chi connectivity index (χ0n) is 11.4. The second-order valence-corrected chi connectivity index (χ2v) is 5.43. The molecule has 0 aromatic heterocycles. The van der Waals surface area contributed by atoms with Crippen LogP contribution in [0.25, 0.3) is 11.1 Å². The fourth-order valence-electron chi connectivity index (χ4n) is 2.24. The lowest BCUT2D eigenvalue weighted by Crippen LogP contribution is -2.16. The molecule has 20 heavy (non-hydrogen) atoms. The van der Waals surface area contributed by atoms with E-state index >= 15 is 0 Å². The Morgan fingerprint density at radius 2 is 1.70 bits per heavy atom. The molecular formula is C17H17F2N. The quantitative estimate of drug-likeness (QED) is 0.880. The lowest BCUT2D eigenvalue weighted by atomic mass is 10.0. The first-order chi connectivity index (χ1) is 9.63. The molecule has 1 saturated carbocycles. The van der Waals surface area contributed by atoms with Crippen molar-refractivity contribution in [3.05, 3.63) is 59.2 Å². The number of benzene rings is 2. The molecule has 0 saturated heterocycles. The molecule has 0 amide bonds. The molecular weight excluding hydrogens is 256 g/mol. The summed E-state index contributed by atoms with van der Waals surface area (Å²) in [5.74, 6) is -0.447. The summed E-state index contributed by atoms with van der Waals surface area (Å²) in [4.78, 5) is 0. The topological polar surface area (TPSA) is 12.0 Å².